The monoisotopic (exact) mass is 328 g/mol. The summed E-state index contributed by atoms with van der Waals surface area (Å²) in [6.07, 6.45) is 9.86. The molecule has 1 heterocycles. The van der Waals surface area contributed by atoms with Crippen LogP contribution in [0.5, 0.6) is 0 Å². The van der Waals surface area contributed by atoms with E-state index >= 15 is 0 Å². The molecule has 1 aromatic heterocycles. The first-order chi connectivity index (χ1) is 10.4. The van der Waals surface area contributed by atoms with Crippen LogP contribution >= 0.6 is 0 Å². The highest BCUT2D eigenvalue weighted by Crippen LogP contribution is 2.21. The molecule has 1 amide bonds. The second kappa shape index (κ2) is 7.23. The molecule has 124 valence electrons. The highest BCUT2D eigenvalue weighted by molar-refractivity contribution is 7.89. The van der Waals surface area contributed by atoms with Crippen molar-refractivity contribution in [2.45, 2.75) is 62.4 Å². The first-order valence-corrected chi connectivity index (χ1v) is 9.23. The number of nitrogens with zero attached hydrogens (tertiary/aromatic N) is 3. The topological polar surface area (TPSA) is 98.3 Å². The second-order valence-corrected chi connectivity index (χ2v) is 7.45. The third kappa shape index (κ3) is 4.54. The summed E-state index contributed by atoms with van der Waals surface area (Å²) >= 11 is 0. The van der Waals surface area contributed by atoms with Crippen LogP contribution in [0, 0.1) is 0 Å². The molecule has 0 aliphatic heterocycles. The van der Waals surface area contributed by atoms with E-state index in [1.54, 1.807) is 0 Å². The Morgan fingerprint density at radius 1 is 1.36 bits per heavy atom. The van der Waals surface area contributed by atoms with E-state index in [4.69, 9.17) is 5.14 Å². The number of aromatic nitrogens is 2. The number of amides is 1. The molecule has 0 atom stereocenters. The van der Waals surface area contributed by atoms with Gasteiger partial charge in [0.2, 0.25) is 15.9 Å². The quantitative estimate of drug-likeness (QED) is 0.818. The minimum Gasteiger partial charge on any atom is -0.343 e. The summed E-state index contributed by atoms with van der Waals surface area (Å²) in [6, 6.07) is 0.326. The number of hydrogen-bond acceptors (Lipinski definition) is 4. The van der Waals surface area contributed by atoms with Gasteiger partial charge >= 0.3 is 0 Å². The first-order valence-electron chi connectivity index (χ1n) is 7.69. The van der Waals surface area contributed by atoms with Crippen molar-refractivity contribution in [1.29, 1.82) is 0 Å². The van der Waals surface area contributed by atoms with Gasteiger partial charge in [-0.25, -0.2) is 13.6 Å². The van der Waals surface area contributed by atoms with E-state index in [2.05, 4.69) is 5.10 Å². The van der Waals surface area contributed by atoms with Gasteiger partial charge in [-0.3, -0.25) is 9.48 Å². The van der Waals surface area contributed by atoms with E-state index in [-0.39, 0.29) is 10.8 Å². The van der Waals surface area contributed by atoms with Gasteiger partial charge in [0.25, 0.3) is 0 Å². The number of carbonyl (C=O) groups excluding carboxylic acids is 1. The van der Waals surface area contributed by atoms with Crippen molar-refractivity contribution in [2.75, 3.05) is 7.05 Å². The Bertz CT molecular complexity index is 603. The lowest BCUT2D eigenvalue weighted by atomic mass is 10.1. The van der Waals surface area contributed by atoms with Crippen LogP contribution in [0.2, 0.25) is 0 Å². The van der Waals surface area contributed by atoms with Gasteiger partial charge in [0.05, 0.1) is 6.20 Å². The standard InChI is InChI=1S/C14H24N4O3S/c1-17(12-6-4-2-3-5-7-12)14(19)8-9-18-11-13(10-16-18)22(15,20)21/h10-12H,2-9H2,1H3,(H2,15,20,21). The molecular formula is C14H24N4O3S. The smallest absolute Gasteiger partial charge is 0.241 e. The zero-order valence-electron chi connectivity index (χ0n) is 12.9. The van der Waals surface area contributed by atoms with Crippen molar-refractivity contribution in [3.63, 3.8) is 0 Å². The number of rotatable bonds is 5. The Kier molecular flexibility index (Phi) is 5.57. The van der Waals surface area contributed by atoms with Crippen LogP contribution in [0.25, 0.3) is 0 Å². The summed E-state index contributed by atoms with van der Waals surface area (Å²) in [5.41, 5.74) is 0. The van der Waals surface area contributed by atoms with E-state index < -0.39 is 10.0 Å². The minimum atomic E-state index is -3.74. The normalized spacial score (nSPS) is 17.2. The molecule has 0 unspecified atom stereocenters. The van der Waals surface area contributed by atoms with Crippen LogP contribution in [-0.4, -0.2) is 42.1 Å². The zero-order chi connectivity index (χ0) is 16.2. The van der Waals surface area contributed by atoms with Gasteiger partial charge in [-0.15, -0.1) is 0 Å². The molecule has 1 aliphatic rings. The van der Waals surface area contributed by atoms with Crippen LogP contribution in [-0.2, 0) is 21.4 Å². The SMILES string of the molecule is CN(C(=O)CCn1cc(S(N)(=O)=O)cn1)C1CCCCCC1. The molecule has 1 aliphatic carbocycles. The molecule has 7 nitrogen and oxygen atoms in total. The zero-order valence-corrected chi connectivity index (χ0v) is 13.8. The van der Waals surface area contributed by atoms with E-state index in [0.717, 1.165) is 12.8 Å². The van der Waals surface area contributed by atoms with Crippen LogP contribution in [0.1, 0.15) is 44.9 Å². The molecule has 0 saturated heterocycles. The highest BCUT2D eigenvalue weighted by atomic mass is 32.2. The lowest BCUT2D eigenvalue weighted by Gasteiger charge is -2.27. The van der Waals surface area contributed by atoms with E-state index in [0.29, 0.717) is 19.0 Å². The molecule has 8 heteroatoms. The van der Waals surface area contributed by atoms with Crippen LogP contribution in [0.4, 0.5) is 0 Å². The van der Waals surface area contributed by atoms with Gasteiger partial charge in [-0.2, -0.15) is 5.10 Å². The molecule has 0 radical (unpaired) electrons. The Hall–Kier alpha value is -1.41. The van der Waals surface area contributed by atoms with Gasteiger partial charge in [-0.05, 0) is 12.8 Å². The molecule has 0 spiro atoms. The average molecular weight is 328 g/mol. The molecular weight excluding hydrogens is 304 g/mol. The largest absolute Gasteiger partial charge is 0.343 e. The predicted octanol–water partition coefficient (Wildman–Crippen LogP) is 1.10. The molecule has 1 saturated carbocycles. The van der Waals surface area contributed by atoms with Gasteiger partial charge in [0, 0.05) is 32.3 Å². The molecule has 0 bridgehead atoms. The fourth-order valence-electron chi connectivity index (χ4n) is 2.85. The molecule has 1 aromatic rings. The van der Waals surface area contributed by atoms with Crippen molar-refractivity contribution in [2.24, 2.45) is 5.14 Å². The number of primary sulfonamides is 1. The lowest BCUT2D eigenvalue weighted by Crippen LogP contribution is -2.37. The van der Waals surface area contributed by atoms with Crippen molar-refractivity contribution < 1.29 is 13.2 Å². The number of hydrogen-bond donors (Lipinski definition) is 1. The maximum atomic E-state index is 12.3. The van der Waals surface area contributed by atoms with E-state index in [9.17, 15) is 13.2 Å². The number of sulfonamides is 1. The molecule has 22 heavy (non-hydrogen) atoms. The van der Waals surface area contributed by atoms with Crippen molar-refractivity contribution in [3.8, 4) is 0 Å². The van der Waals surface area contributed by atoms with Gasteiger partial charge < -0.3 is 4.90 Å². The fourth-order valence-corrected chi connectivity index (χ4v) is 3.31. The molecule has 2 N–H and O–H groups in total. The number of carbonyl (C=O) groups is 1. The summed E-state index contributed by atoms with van der Waals surface area (Å²) < 4.78 is 23.8. The lowest BCUT2D eigenvalue weighted by molar-refractivity contribution is -0.132. The molecule has 0 aromatic carbocycles. The van der Waals surface area contributed by atoms with Gasteiger partial charge in [0.15, 0.2) is 0 Å². The van der Waals surface area contributed by atoms with E-state index in [1.807, 2.05) is 11.9 Å². The summed E-state index contributed by atoms with van der Waals surface area (Å²) in [5.74, 6) is 0.0690. The van der Waals surface area contributed by atoms with Crippen molar-refractivity contribution >= 4 is 15.9 Å². The van der Waals surface area contributed by atoms with Crippen molar-refractivity contribution in [1.82, 2.24) is 14.7 Å². The Morgan fingerprint density at radius 2 is 2.00 bits per heavy atom. The van der Waals surface area contributed by atoms with Crippen molar-refractivity contribution in [3.05, 3.63) is 12.4 Å². The summed E-state index contributed by atoms with van der Waals surface area (Å²) in [5, 5.41) is 8.96. The number of aryl methyl sites for hydroxylation is 1. The second-order valence-electron chi connectivity index (χ2n) is 5.88. The van der Waals surface area contributed by atoms with Crippen LogP contribution in [0.15, 0.2) is 17.3 Å². The highest BCUT2D eigenvalue weighted by Gasteiger charge is 2.21. The minimum absolute atomic E-state index is 0.0305. The third-order valence-corrected chi connectivity index (χ3v) is 5.13. The first kappa shape index (κ1) is 17.0. The molecule has 2 rings (SSSR count). The maximum absolute atomic E-state index is 12.3. The summed E-state index contributed by atoms with van der Waals surface area (Å²) in [4.78, 5) is 14.1. The van der Waals surface area contributed by atoms with E-state index in [1.165, 1.54) is 42.8 Å². The fraction of sp³-hybridized carbons (Fsp3) is 0.714. The Morgan fingerprint density at radius 3 is 2.55 bits per heavy atom. The molecule has 1 fully saturated rings. The van der Waals surface area contributed by atoms with Crippen LogP contribution in [0.3, 0.4) is 0 Å². The Balaban J connectivity index is 1.87. The maximum Gasteiger partial charge on any atom is 0.241 e. The summed E-state index contributed by atoms with van der Waals surface area (Å²) in [6.45, 7) is 0.353. The predicted molar refractivity (Wildman–Crippen MR) is 82.5 cm³/mol. The third-order valence-electron chi connectivity index (χ3n) is 4.26. The van der Waals surface area contributed by atoms with Gasteiger partial charge in [0.1, 0.15) is 4.90 Å². The Labute approximate surface area is 131 Å². The van der Waals surface area contributed by atoms with Gasteiger partial charge in [-0.1, -0.05) is 25.7 Å². The summed E-state index contributed by atoms with van der Waals surface area (Å²) in [7, 11) is -1.88. The van der Waals surface area contributed by atoms with Crippen LogP contribution < -0.4 is 5.14 Å². The average Bonchev–Trinajstić information content (AvgIpc) is 2.79. The number of nitrogens with two attached hydrogens (primary N) is 1.